The number of amides is 2. The minimum atomic E-state index is -0.624. The summed E-state index contributed by atoms with van der Waals surface area (Å²) in [5.74, 6) is 1.54. The summed E-state index contributed by atoms with van der Waals surface area (Å²) in [7, 11) is 0. The molecule has 0 aromatic carbocycles. The van der Waals surface area contributed by atoms with E-state index in [0.29, 0.717) is 42.2 Å². The van der Waals surface area contributed by atoms with Gasteiger partial charge in [-0.15, -0.1) is 0 Å². The SMILES string of the molecule is C[C@@H]1C[C@H]2Cc3ncc(-c4ccc5c(n4)C(=O)[C@@H]4C[C@@H](C)C[C@@]56[C@@H]4CCCN6C(=O)OC(C)(C)C)cc3[C@@]3(C1)[C@@H]2CCCN3C(=O)OC(C)(C)C. The van der Waals surface area contributed by atoms with Crippen molar-refractivity contribution in [2.45, 2.75) is 135 Å². The van der Waals surface area contributed by atoms with Crippen molar-refractivity contribution in [3.63, 3.8) is 0 Å². The summed E-state index contributed by atoms with van der Waals surface area (Å²) in [6, 6.07) is 6.33. The molecule has 2 aromatic heterocycles. The Kier molecular flexibility index (Phi) is 7.97. The van der Waals surface area contributed by atoms with Crippen LogP contribution in [0.1, 0.15) is 134 Å². The molecule has 4 aliphatic carbocycles. The van der Waals surface area contributed by atoms with Crippen molar-refractivity contribution >= 4 is 18.0 Å². The molecule has 2 aliphatic heterocycles. The van der Waals surface area contributed by atoms with E-state index in [0.717, 1.165) is 80.2 Å². The fourth-order valence-electron chi connectivity index (χ4n) is 11.7. The molecule has 8 atom stereocenters. The van der Waals surface area contributed by atoms with Gasteiger partial charge in [0.25, 0.3) is 0 Å². The van der Waals surface area contributed by atoms with E-state index in [2.05, 4.69) is 30.9 Å². The molecule has 4 bridgehead atoms. The summed E-state index contributed by atoms with van der Waals surface area (Å²) in [5, 5.41) is 0. The van der Waals surface area contributed by atoms with Crippen LogP contribution in [0.4, 0.5) is 9.59 Å². The van der Waals surface area contributed by atoms with Gasteiger partial charge in [0, 0.05) is 47.6 Å². The zero-order valence-corrected chi connectivity index (χ0v) is 31.9. The van der Waals surface area contributed by atoms with Gasteiger partial charge in [-0.2, -0.15) is 0 Å². The molecular weight excluding hydrogens is 640 g/mol. The fourth-order valence-corrected chi connectivity index (χ4v) is 11.7. The average molecular weight is 697 g/mol. The number of ether oxygens (including phenoxy) is 2. The van der Waals surface area contributed by atoms with Crippen LogP contribution in [0.25, 0.3) is 11.3 Å². The number of ketones is 1. The predicted octanol–water partition coefficient (Wildman–Crippen LogP) is 8.67. The lowest BCUT2D eigenvalue weighted by Crippen LogP contribution is -2.65. The number of rotatable bonds is 1. The maximum atomic E-state index is 14.5. The van der Waals surface area contributed by atoms with Crippen LogP contribution in [-0.4, -0.2) is 62.0 Å². The van der Waals surface area contributed by atoms with Crippen LogP contribution in [0, 0.1) is 35.5 Å². The zero-order valence-electron chi connectivity index (χ0n) is 31.9. The van der Waals surface area contributed by atoms with Crippen LogP contribution in [-0.2, 0) is 27.0 Å². The number of hydrogen-bond donors (Lipinski definition) is 0. The van der Waals surface area contributed by atoms with E-state index in [-0.39, 0.29) is 35.7 Å². The molecule has 4 fully saturated rings. The molecule has 2 amide bonds. The van der Waals surface area contributed by atoms with Crippen LogP contribution in [0.15, 0.2) is 24.4 Å². The molecule has 2 saturated carbocycles. The summed E-state index contributed by atoms with van der Waals surface area (Å²) in [6.07, 6.45) is 9.72. The molecule has 51 heavy (non-hydrogen) atoms. The smallest absolute Gasteiger partial charge is 0.411 e. The van der Waals surface area contributed by atoms with Crippen molar-refractivity contribution in [3.8, 4) is 11.3 Å². The van der Waals surface area contributed by atoms with Gasteiger partial charge in [0.05, 0.1) is 16.8 Å². The maximum Gasteiger partial charge on any atom is 0.411 e. The molecule has 0 spiro atoms. The summed E-state index contributed by atoms with van der Waals surface area (Å²) in [6.45, 7) is 17.3. The van der Waals surface area contributed by atoms with Gasteiger partial charge >= 0.3 is 12.2 Å². The van der Waals surface area contributed by atoms with Gasteiger partial charge in [-0.1, -0.05) is 19.9 Å². The molecule has 2 aromatic rings. The van der Waals surface area contributed by atoms with Crippen molar-refractivity contribution in [1.29, 1.82) is 0 Å². The summed E-state index contributed by atoms with van der Waals surface area (Å²) < 4.78 is 12.1. The first-order valence-electron chi connectivity index (χ1n) is 19.6. The third-order valence-corrected chi connectivity index (χ3v) is 13.1. The number of hydrogen-bond acceptors (Lipinski definition) is 7. The van der Waals surface area contributed by atoms with Gasteiger partial charge in [0.15, 0.2) is 5.78 Å². The fraction of sp³-hybridized carbons (Fsp3) is 0.690. The second-order valence-electron chi connectivity index (χ2n) is 18.9. The topological polar surface area (TPSA) is 102 Å². The van der Waals surface area contributed by atoms with Gasteiger partial charge < -0.3 is 9.47 Å². The van der Waals surface area contributed by atoms with Crippen molar-refractivity contribution < 1.29 is 23.9 Å². The molecule has 0 radical (unpaired) electrons. The third kappa shape index (κ3) is 5.41. The minimum Gasteiger partial charge on any atom is -0.444 e. The van der Waals surface area contributed by atoms with E-state index in [1.165, 1.54) is 0 Å². The highest BCUT2D eigenvalue weighted by Gasteiger charge is 2.62. The Labute approximate surface area is 303 Å². The number of piperidine rings is 2. The quantitative estimate of drug-likeness (QED) is 0.294. The number of carbonyl (C=O) groups is 3. The molecule has 8 rings (SSSR count). The molecule has 4 heterocycles. The standard InChI is InChI=1S/C42H56N4O5/c1-24-17-26-20-34-32(41(21-24)29(26)11-9-15-45(41)37(48)50-39(3,4)5)19-27(23-43-34)33-14-13-31-35(44-33)36(47)28-18-25(2)22-42(31)30(28)12-10-16-46(42)38(49)51-40(6,7)8/h13-14,19,23-26,28-30H,9-12,15-18,20-22H2,1-8H3/t24-,25-,26+,28-,29-,30-,41-,42-/m1/s1. The van der Waals surface area contributed by atoms with E-state index in [1.807, 2.05) is 58.7 Å². The van der Waals surface area contributed by atoms with Crippen LogP contribution in [0.5, 0.6) is 0 Å². The van der Waals surface area contributed by atoms with Crippen molar-refractivity contribution in [2.75, 3.05) is 13.1 Å². The van der Waals surface area contributed by atoms with Crippen LogP contribution in [0.2, 0.25) is 0 Å². The first kappa shape index (κ1) is 34.6. The second kappa shape index (κ2) is 11.8. The van der Waals surface area contributed by atoms with Crippen molar-refractivity contribution in [1.82, 2.24) is 19.8 Å². The predicted molar refractivity (Wildman–Crippen MR) is 194 cm³/mol. The molecule has 2 saturated heterocycles. The van der Waals surface area contributed by atoms with Crippen molar-refractivity contribution in [2.24, 2.45) is 35.5 Å². The van der Waals surface area contributed by atoms with Gasteiger partial charge in [0.1, 0.15) is 16.9 Å². The largest absolute Gasteiger partial charge is 0.444 e. The Balaban J connectivity index is 1.24. The molecule has 6 aliphatic rings. The van der Waals surface area contributed by atoms with E-state index in [4.69, 9.17) is 19.4 Å². The Morgan fingerprint density at radius 3 is 2.04 bits per heavy atom. The van der Waals surface area contributed by atoms with Crippen LogP contribution in [0.3, 0.4) is 0 Å². The Hall–Kier alpha value is -3.49. The summed E-state index contributed by atoms with van der Waals surface area (Å²) >= 11 is 0. The number of fused-ring (bicyclic) bond motifs is 2. The summed E-state index contributed by atoms with van der Waals surface area (Å²) in [5.41, 5.74) is 2.78. The number of Topliss-reactive ketones (excluding diaryl/α,β-unsaturated/α-hetero) is 1. The number of nitrogens with zero attached hydrogens (tertiary/aromatic N) is 4. The Morgan fingerprint density at radius 1 is 0.824 bits per heavy atom. The molecule has 0 unspecified atom stereocenters. The molecule has 0 N–H and O–H groups in total. The van der Waals surface area contributed by atoms with Gasteiger partial charge in [-0.05, 0) is 141 Å². The monoisotopic (exact) mass is 696 g/mol. The number of likely N-dealkylation sites (tertiary alicyclic amines) is 2. The molecular formula is C42H56N4O5. The third-order valence-electron chi connectivity index (χ3n) is 13.1. The first-order valence-corrected chi connectivity index (χ1v) is 19.6. The summed E-state index contributed by atoms with van der Waals surface area (Å²) in [4.78, 5) is 56.7. The van der Waals surface area contributed by atoms with E-state index in [9.17, 15) is 14.4 Å². The Morgan fingerprint density at radius 2 is 1.41 bits per heavy atom. The highest BCUT2D eigenvalue weighted by molar-refractivity contribution is 6.00. The zero-order chi connectivity index (χ0) is 36.2. The average Bonchev–Trinajstić information content (AvgIpc) is 3.04. The number of carbonyl (C=O) groups excluding carboxylic acids is 3. The van der Waals surface area contributed by atoms with Gasteiger partial charge in [0.2, 0.25) is 0 Å². The first-order chi connectivity index (χ1) is 24.0. The Bertz CT molecular complexity index is 1780. The lowest BCUT2D eigenvalue weighted by molar-refractivity contribution is -0.0933. The highest BCUT2D eigenvalue weighted by Crippen LogP contribution is 2.61. The minimum absolute atomic E-state index is 0.0513. The lowest BCUT2D eigenvalue weighted by atomic mass is 9.53. The van der Waals surface area contributed by atoms with E-state index in [1.54, 1.807) is 0 Å². The lowest BCUT2D eigenvalue weighted by Gasteiger charge is -2.61. The van der Waals surface area contributed by atoms with Crippen LogP contribution >= 0.6 is 0 Å². The second-order valence-corrected chi connectivity index (χ2v) is 18.9. The maximum absolute atomic E-state index is 14.5. The number of aromatic nitrogens is 2. The highest BCUT2D eigenvalue weighted by atomic mass is 16.6. The number of pyridine rings is 2. The van der Waals surface area contributed by atoms with Gasteiger partial charge in [-0.3, -0.25) is 19.6 Å². The molecule has 274 valence electrons. The van der Waals surface area contributed by atoms with E-state index < -0.39 is 22.3 Å². The van der Waals surface area contributed by atoms with Gasteiger partial charge in [-0.25, -0.2) is 14.6 Å². The van der Waals surface area contributed by atoms with Crippen molar-refractivity contribution in [3.05, 3.63) is 46.9 Å². The normalized spacial score (nSPS) is 34.1. The van der Waals surface area contributed by atoms with E-state index >= 15 is 0 Å². The molecule has 9 heteroatoms. The van der Waals surface area contributed by atoms with Crippen LogP contribution < -0.4 is 0 Å². The molecule has 9 nitrogen and oxygen atoms in total.